The highest BCUT2D eigenvalue weighted by molar-refractivity contribution is 5.85. The second-order valence-corrected chi connectivity index (χ2v) is 5.35. The van der Waals surface area contributed by atoms with E-state index in [0.717, 1.165) is 35.7 Å². The number of aromatic nitrogens is 3. The Morgan fingerprint density at radius 3 is 2.54 bits per heavy atom. The fourth-order valence-electron chi connectivity index (χ4n) is 2.22. The summed E-state index contributed by atoms with van der Waals surface area (Å²) in [4.78, 5) is 16.1. The average molecular weight is 374 g/mol. The van der Waals surface area contributed by atoms with Crippen LogP contribution in [0.15, 0.2) is 24.4 Å². The SMILES string of the molecule is CNCCCC(=O)NCc1ccc(-n2nc(C)cc2C)nc1.Cl.Cl. The number of halogens is 2. The number of hydrogen-bond acceptors (Lipinski definition) is 4. The Hall–Kier alpha value is -1.63. The van der Waals surface area contributed by atoms with Gasteiger partial charge in [-0.05, 0) is 51.6 Å². The molecule has 0 atom stereocenters. The number of carbonyl (C=O) groups is 1. The van der Waals surface area contributed by atoms with Crippen molar-refractivity contribution in [2.75, 3.05) is 13.6 Å². The van der Waals surface area contributed by atoms with E-state index in [1.807, 2.05) is 43.8 Å². The number of rotatable bonds is 7. The van der Waals surface area contributed by atoms with Crippen LogP contribution >= 0.6 is 24.8 Å². The summed E-state index contributed by atoms with van der Waals surface area (Å²) in [6.45, 7) is 5.32. The van der Waals surface area contributed by atoms with Gasteiger partial charge in [0.15, 0.2) is 5.82 Å². The Bertz CT molecular complexity index is 628. The second-order valence-electron chi connectivity index (χ2n) is 5.35. The fourth-order valence-corrected chi connectivity index (χ4v) is 2.22. The Labute approximate surface area is 155 Å². The van der Waals surface area contributed by atoms with Crippen LogP contribution in [0.4, 0.5) is 0 Å². The predicted molar refractivity (Wildman–Crippen MR) is 100 cm³/mol. The van der Waals surface area contributed by atoms with Crippen molar-refractivity contribution in [2.24, 2.45) is 0 Å². The number of nitrogens with zero attached hydrogens (tertiary/aromatic N) is 3. The van der Waals surface area contributed by atoms with Gasteiger partial charge in [-0.15, -0.1) is 24.8 Å². The van der Waals surface area contributed by atoms with Crippen LogP contribution in [-0.2, 0) is 11.3 Å². The zero-order chi connectivity index (χ0) is 15.9. The molecule has 0 radical (unpaired) electrons. The van der Waals surface area contributed by atoms with Crippen LogP contribution in [0.2, 0.25) is 0 Å². The molecular formula is C16H25Cl2N5O. The summed E-state index contributed by atoms with van der Waals surface area (Å²) in [6.07, 6.45) is 3.16. The van der Waals surface area contributed by atoms with Gasteiger partial charge in [0.1, 0.15) is 0 Å². The lowest BCUT2D eigenvalue weighted by atomic mass is 10.2. The summed E-state index contributed by atoms with van der Waals surface area (Å²) in [5.41, 5.74) is 3.00. The van der Waals surface area contributed by atoms with Gasteiger partial charge in [0.05, 0.1) is 5.69 Å². The first-order valence-corrected chi connectivity index (χ1v) is 7.50. The van der Waals surface area contributed by atoms with Crippen LogP contribution in [0, 0.1) is 13.8 Å². The minimum atomic E-state index is 0. The number of carbonyl (C=O) groups excluding carboxylic acids is 1. The molecule has 0 saturated heterocycles. The van der Waals surface area contributed by atoms with Gasteiger partial charge in [-0.1, -0.05) is 6.07 Å². The van der Waals surface area contributed by atoms with Crippen LogP contribution in [0.3, 0.4) is 0 Å². The normalized spacial score (nSPS) is 9.79. The van der Waals surface area contributed by atoms with Crippen LogP contribution in [-0.4, -0.2) is 34.3 Å². The Balaban J connectivity index is 0.00000264. The molecule has 0 saturated carbocycles. The third kappa shape index (κ3) is 6.47. The van der Waals surface area contributed by atoms with Gasteiger partial charge in [0, 0.05) is 24.9 Å². The first kappa shape index (κ1) is 22.4. The van der Waals surface area contributed by atoms with Crippen molar-refractivity contribution in [3.63, 3.8) is 0 Å². The molecular weight excluding hydrogens is 349 g/mol. The van der Waals surface area contributed by atoms with Crippen molar-refractivity contribution in [3.8, 4) is 5.82 Å². The molecule has 0 aliphatic heterocycles. The molecule has 0 spiro atoms. The molecule has 2 N–H and O–H groups in total. The smallest absolute Gasteiger partial charge is 0.220 e. The summed E-state index contributed by atoms with van der Waals surface area (Å²) >= 11 is 0. The summed E-state index contributed by atoms with van der Waals surface area (Å²) in [7, 11) is 1.88. The van der Waals surface area contributed by atoms with Crippen molar-refractivity contribution >= 4 is 30.7 Å². The zero-order valence-electron chi connectivity index (χ0n) is 14.2. The van der Waals surface area contributed by atoms with Gasteiger partial charge in [-0.3, -0.25) is 4.79 Å². The van der Waals surface area contributed by atoms with Crippen LogP contribution in [0.1, 0.15) is 29.8 Å². The largest absolute Gasteiger partial charge is 0.352 e. The fraction of sp³-hybridized carbons (Fsp3) is 0.438. The average Bonchev–Trinajstić information content (AvgIpc) is 2.85. The van der Waals surface area contributed by atoms with Gasteiger partial charge in [0.2, 0.25) is 5.91 Å². The Morgan fingerprint density at radius 2 is 2.00 bits per heavy atom. The molecule has 134 valence electrons. The second kappa shape index (κ2) is 11.0. The zero-order valence-corrected chi connectivity index (χ0v) is 15.8. The minimum absolute atomic E-state index is 0. The Kier molecular flexibility index (Phi) is 10.3. The predicted octanol–water partition coefficient (Wildman–Crippen LogP) is 2.34. The highest BCUT2D eigenvalue weighted by Crippen LogP contribution is 2.10. The molecule has 0 unspecified atom stereocenters. The topological polar surface area (TPSA) is 71.8 Å². The molecule has 2 rings (SSSR count). The van der Waals surface area contributed by atoms with Gasteiger partial charge in [0.25, 0.3) is 0 Å². The van der Waals surface area contributed by atoms with E-state index in [2.05, 4.69) is 20.7 Å². The lowest BCUT2D eigenvalue weighted by Gasteiger charge is -2.07. The van der Waals surface area contributed by atoms with E-state index in [1.54, 1.807) is 6.20 Å². The highest BCUT2D eigenvalue weighted by atomic mass is 35.5. The molecule has 8 heteroatoms. The van der Waals surface area contributed by atoms with Gasteiger partial charge in [-0.2, -0.15) is 5.10 Å². The third-order valence-electron chi connectivity index (χ3n) is 3.36. The molecule has 6 nitrogen and oxygen atoms in total. The van der Waals surface area contributed by atoms with Crippen molar-refractivity contribution in [1.82, 2.24) is 25.4 Å². The molecule has 1 amide bonds. The van der Waals surface area contributed by atoms with Crippen molar-refractivity contribution in [2.45, 2.75) is 33.2 Å². The molecule has 2 heterocycles. The first-order valence-electron chi connectivity index (χ1n) is 7.50. The lowest BCUT2D eigenvalue weighted by molar-refractivity contribution is -0.121. The van der Waals surface area contributed by atoms with Gasteiger partial charge < -0.3 is 10.6 Å². The molecule has 2 aromatic rings. The number of aryl methyl sites for hydroxylation is 2. The van der Waals surface area contributed by atoms with Crippen molar-refractivity contribution in [1.29, 1.82) is 0 Å². The van der Waals surface area contributed by atoms with E-state index in [1.165, 1.54) is 0 Å². The van der Waals surface area contributed by atoms with Crippen LogP contribution in [0.25, 0.3) is 5.82 Å². The molecule has 0 aromatic carbocycles. The summed E-state index contributed by atoms with van der Waals surface area (Å²) in [5, 5.41) is 10.3. The molecule has 0 bridgehead atoms. The molecule has 0 fully saturated rings. The maximum Gasteiger partial charge on any atom is 0.220 e. The number of pyridine rings is 1. The first-order chi connectivity index (χ1) is 10.6. The van der Waals surface area contributed by atoms with Gasteiger partial charge >= 0.3 is 0 Å². The van der Waals surface area contributed by atoms with Crippen molar-refractivity contribution in [3.05, 3.63) is 41.3 Å². The van der Waals surface area contributed by atoms with E-state index >= 15 is 0 Å². The third-order valence-corrected chi connectivity index (χ3v) is 3.36. The van der Waals surface area contributed by atoms with E-state index in [-0.39, 0.29) is 30.7 Å². The van der Waals surface area contributed by atoms with Crippen LogP contribution in [0.5, 0.6) is 0 Å². The maximum atomic E-state index is 11.7. The number of amides is 1. The molecule has 0 aliphatic carbocycles. The van der Waals surface area contributed by atoms with E-state index < -0.39 is 0 Å². The summed E-state index contributed by atoms with van der Waals surface area (Å²) < 4.78 is 1.81. The van der Waals surface area contributed by atoms with E-state index in [9.17, 15) is 4.79 Å². The monoisotopic (exact) mass is 373 g/mol. The summed E-state index contributed by atoms with van der Waals surface area (Å²) in [5.74, 6) is 0.854. The molecule has 2 aromatic heterocycles. The summed E-state index contributed by atoms with van der Waals surface area (Å²) in [6, 6.07) is 5.90. The van der Waals surface area contributed by atoms with Crippen molar-refractivity contribution < 1.29 is 4.79 Å². The number of hydrogen-bond donors (Lipinski definition) is 2. The molecule has 0 aliphatic rings. The highest BCUT2D eigenvalue weighted by Gasteiger charge is 2.05. The molecule has 24 heavy (non-hydrogen) atoms. The lowest BCUT2D eigenvalue weighted by Crippen LogP contribution is -2.23. The quantitative estimate of drug-likeness (QED) is 0.730. The maximum absolute atomic E-state index is 11.7. The minimum Gasteiger partial charge on any atom is -0.352 e. The Morgan fingerprint density at radius 1 is 1.25 bits per heavy atom. The van der Waals surface area contributed by atoms with E-state index in [4.69, 9.17) is 0 Å². The number of nitrogens with one attached hydrogen (secondary N) is 2. The van der Waals surface area contributed by atoms with Gasteiger partial charge in [-0.25, -0.2) is 9.67 Å². The van der Waals surface area contributed by atoms with E-state index in [0.29, 0.717) is 13.0 Å². The standard InChI is InChI=1S/C16H23N5O.2ClH/c1-12-9-13(2)21(20-12)15-7-6-14(10-18-15)11-19-16(22)5-4-8-17-3;;/h6-7,9-10,17H,4-5,8,11H2,1-3H3,(H,19,22);2*1H. The van der Waals surface area contributed by atoms with Crippen LogP contribution < -0.4 is 10.6 Å².